The first-order valence-corrected chi connectivity index (χ1v) is 9.62. The fraction of sp³-hybridized carbons (Fsp3) is 0.280. The van der Waals surface area contributed by atoms with Gasteiger partial charge >= 0.3 is 0 Å². The van der Waals surface area contributed by atoms with Crippen LogP contribution >= 0.6 is 0 Å². The molecular weight excluding hydrogens is 364 g/mol. The molecule has 3 aromatic carbocycles. The summed E-state index contributed by atoms with van der Waals surface area (Å²) in [4.78, 5) is 0. The number of ether oxygens (including phenoxy) is 3. The zero-order valence-corrected chi connectivity index (χ0v) is 18.1. The Hall–Kier alpha value is -3.14. The van der Waals surface area contributed by atoms with Gasteiger partial charge in [-0.2, -0.15) is 0 Å². The Morgan fingerprint density at radius 2 is 0.828 bits per heavy atom. The minimum absolute atomic E-state index is 0.305. The van der Waals surface area contributed by atoms with Gasteiger partial charge in [0.15, 0.2) is 0 Å². The van der Waals surface area contributed by atoms with Crippen LogP contribution in [0.2, 0.25) is 0 Å². The maximum atomic E-state index is 9.98. The van der Waals surface area contributed by atoms with E-state index in [1.807, 2.05) is 77.9 Å². The lowest BCUT2D eigenvalue weighted by molar-refractivity contribution is 0.411. The van der Waals surface area contributed by atoms with Crippen LogP contribution in [0.5, 0.6) is 34.5 Å². The maximum Gasteiger partial charge on any atom is 0.133 e. The van der Waals surface area contributed by atoms with Gasteiger partial charge in [-0.3, -0.25) is 0 Å². The Kier molecular flexibility index (Phi) is 5.73. The van der Waals surface area contributed by atoms with E-state index in [1.54, 1.807) is 7.11 Å². The van der Waals surface area contributed by atoms with Crippen LogP contribution in [0.15, 0.2) is 36.4 Å². The van der Waals surface area contributed by atoms with Crippen molar-refractivity contribution >= 4 is 0 Å². The van der Waals surface area contributed by atoms with Crippen molar-refractivity contribution in [3.63, 3.8) is 0 Å². The van der Waals surface area contributed by atoms with Crippen LogP contribution in [-0.4, -0.2) is 12.2 Å². The maximum absolute atomic E-state index is 9.98. The van der Waals surface area contributed by atoms with E-state index < -0.39 is 0 Å². The summed E-state index contributed by atoms with van der Waals surface area (Å²) in [7, 11) is 1.66. The van der Waals surface area contributed by atoms with Crippen molar-refractivity contribution in [3.8, 4) is 34.5 Å². The molecule has 29 heavy (non-hydrogen) atoms. The molecule has 0 spiro atoms. The summed E-state index contributed by atoms with van der Waals surface area (Å²) in [6.07, 6.45) is 0. The summed E-state index contributed by atoms with van der Waals surface area (Å²) in [5, 5.41) is 9.98. The van der Waals surface area contributed by atoms with E-state index in [9.17, 15) is 5.11 Å². The molecule has 0 unspecified atom stereocenters. The standard InChI is InChI=1S/C25H28O4/c1-14-8-21(9-15(2)23(14)26)28-25-18(5)12-22(13-19(25)6)29-24-16(3)10-20(27-7)11-17(24)4/h8-13,26H,1-7H3. The molecule has 3 aromatic rings. The van der Waals surface area contributed by atoms with Gasteiger partial charge in [0.05, 0.1) is 7.11 Å². The highest BCUT2D eigenvalue weighted by Crippen LogP contribution is 2.38. The number of phenols is 1. The predicted octanol–water partition coefficient (Wildman–Crippen LogP) is 6.84. The molecule has 0 aliphatic rings. The van der Waals surface area contributed by atoms with Crippen LogP contribution in [0.25, 0.3) is 0 Å². The van der Waals surface area contributed by atoms with Gasteiger partial charge in [-0.1, -0.05) is 0 Å². The third-order valence-corrected chi connectivity index (χ3v) is 5.01. The van der Waals surface area contributed by atoms with Crippen LogP contribution in [0.1, 0.15) is 33.4 Å². The summed E-state index contributed by atoms with van der Waals surface area (Å²) in [5.41, 5.74) is 5.58. The van der Waals surface area contributed by atoms with E-state index in [4.69, 9.17) is 14.2 Å². The minimum atomic E-state index is 0.305. The van der Waals surface area contributed by atoms with Crippen molar-refractivity contribution in [1.82, 2.24) is 0 Å². The molecule has 1 N–H and O–H groups in total. The lowest BCUT2D eigenvalue weighted by Gasteiger charge is -2.17. The molecule has 0 amide bonds. The number of aromatic hydroxyl groups is 1. The Morgan fingerprint density at radius 3 is 1.17 bits per heavy atom. The van der Waals surface area contributed by atoms with Crippen molar-refractivity contribution in [2.45, 2.75) is 41.5 Å². The first-order chi connectivity index (χ1) is 13.7. The largest absolute Gasteiger partial charge is 0.507 e. The Labute approximate surface area is 172 Å². The number of aryl methyl sites for hydroxylation is 6. The summed E-state index contributed by atoms with van der Waals surface area (Å²) < 4.78 is 17.7. The fourth-order valence-electron chi connectivity index (χ4n) is 3.53. The van der Waals surface area contributed by atoms with Crippen molar-refractivity contribution in [1.29, 1.82) is 0 Å². The normalized spacial score (nSPS) is 10.7. The Morgan fingerprint density at radius 1 is 0.517 bits per heavy atom. The minimum Gasteiger partial charge on any atom is -0.507 e. The molecule has 0 atom stereocenters. The number of hydrogen-bond donors (Lipinski definition) is 1. The lowest BCUT2D eigenvalue weighted by atomic mass is 10.1. The Balaban J connectivity index is 1.91. The van der Waals surface area contributed by atoms with Crippen LogP contribution < -0.4 is 14.2 Å². The second kappa shape index (κ2) is 8.08. The molecule has 0 saturated carbocycles. The van der Waals surface area contributed by atoms with Crippen LogP contribution in [-0.2, 0) is 0 Å². The molecule has 3 rings (SSSR count). The highest BCUT2D eigenvalue weighted by molar-refractivity contribution is 5.53. The molecule has 0 fully saturated rings. The van der Waals surface area contributed by atoms with Gasteiger partial charge in [0.2, 0.25) is 0 Å². The van der Waals surface area contributed by atoms with E-state index in [-0.39, 0.29) is 0 Å². The molecule has 0 heterocycles. The van der Waals surface area contributed by atoms with Crippen LogP contribution in [0.3, 0.4) is 0 Å². The molecule has 4 nitrogen and oxygen atoms in total. The summed E-state index contributed by atoms with van der Waals surface area (Å²) in [6.45, 7) is 11.8. The van der Waals surface area contributed by atoms with Crippen molar-refractivity contribution in [2.24, 2.45) is 0 Å². The van der Waals surface area contributed by atoms with Gasteiger partial charge in [-0.15, -0.1) is 0 Å². The fourth-order valence-corrected chi connectivity index (χ4v) is 3.53. The zero-order valence-electron chi connectivity index (χ0n) is 18.1. The summed E-state index contributed by atoms with van der Waals surface area (Å²) in [6, 6.07) is 11.6. The third-order valence-electron chi connectivity index (χ3n) is 5.01. The van der Waals surface area contributed by atoms with Crippen molar-refractivity contribution < 1.29 is 19.3 Å². The van der Waals surface area contributed by atoms with Gasteiger partial charge in [0.1, 0.15) is 34.5 Å². The second-order valence-electron chi connectivity index (χ2n) is 7.59. The molecule has 0 aliphatic carbocycles. The molecule has 4 heteroatoms. The van der Waals surface area contributed by atoms with E-state index in [2.05, 4.69) is 0 Å². The monoisotopic (exact) mass is 392 g/mol. The number of methoxy groups -OCH3 is 1. The molecule has 0 radical (unpaired) electrons. The zero-order chi connectivity index (χ0) is 21.3. The number of hydrogen-bond acceptors (Lipinski definition) is 4. The number of rotatable bonds is 5. The molecule has 152 valence electrons. The van der Waals surface area contributed by atoms with Gasteiger partial charge in [-0.05, 0) is 111 Å². The van der Waals surface area contributed by atoms with Crippen LogP contribution in [0.4, 0.5) is 0 Å². The summed E-state index contributed by atoms with van der Waals surface area (Å²) >= 11 is 0. The second-order valence-corrected chi connectivity index (χ2v) is 7.59. The summed E-state index contributed by atoms with van der Waals surface area (Å²) in [5.74, 6) is 4.23. The molecule has 0 aliphatic heterocycles. The quantitative estimate of drug-likeness (QED) is 0.516. The Bertz CT molecular complexity index is 997. The molecule has 0 aromatic heterocycles. The van der Waals surface area contributed by atoms with E-state index in [0.29, 0.717) is 11.5 Å². The molecular formula is C25H28O4. The highest BCUT2D eigenvalue weighted by atomic mass is 16.5. The highest BCUT2D eigenvalue weighted by Gasteiger charge is 2.13. The van der Waals surface area contributed by atoms with Crippen molar-refractivity contribution in [2.75, 3.05) is 7.11 Å². The smallest absolute Gasteiger partial charge is 0.133 e. The van der Waals surface area contributed by atoms with Gasteiger partial charge in [0.25, 0.3) is 0 Å². The predicted molar refractivity (Wildman–Crippen MR) is 116 cm³/mol. The van der Waals surface area contributed by atoms with E-state index in [0.717, 1.165) is 56.4 Å². The van der Waals surface area contributed by atoms with Gasteiger partial charge in [0, 0.05) is 0 Å². The third kappa shape index (κ3) is 4.32. The lowest BCUT2D eigenvalue weighted by Crippen LogP contribution is -1.96. The molecule has 0 saturated heterocycles. The topological polar surface area (TPSA) is 47.9 Å². The van der Waals surface area contributed by atoms with E-state index >= 15 is 0 Å². The average Bonchev–Trinajstić information content (AvgIpc) is 2.65. The first-order valence-electron chi connectivity index (χ1n) is 9.62. The SMILES string of the molecule is COc1cc(C)c(Oc2cc(C)c(Oc3cc(C)c(O)c(C)c3)c(C)c2)c(C)c1. The average molecular weight is 392 g/mol. The number of benzene rings is 3. The molecule has 0 bridgehead atoms. The van der Waals surface area contributed by atoms with Gasteiger partial charge in [-0.25, -0.2) is 0 Å². The van der Waals surface area contributed by atoms with Gasteiger partial charge < -0.3 is 19.3 Å². The van der Waals surface area contributed by atoms with Crippen molar-refractivity contribution in [3.05, 3.63) is 69.8 Å². The number of phenolic OH excluding ortho intramolecular Hbond substituents is 1. The van der Waals surface area contributed by atoms with E-state index in [1.165, 1.54) is 0 Å². The first kappa shape index (κ1) is 20.6. The van der Waals surface area contributed by atoms with Crippen LogP contribution in [0, 0.1) is 41.5 Å².